The fourth-order valence-electron chi connectivity index (χ4n) is 8.11. The second-order valence-electron chi connectivity index (χ2n) is 18.3. The SMILES string of the molecule is CC/C=C\C/C=C\C/C=C\C/C=C\C/C=C\C/C=C\CCCCCCCCCCCCC(=O)NC(COC1OC(CO)C(O)C(O)C1O)C(O)CCCCCCCCCCCCCCC. The Morgan fingerprint density at radius 1 is 0.538 bits per heavy atom. The van der Waals surface area contributed by atoms with Gasteiger partial charge in [-0.3, -0.25) is 4.79 Å². The molecular formula is C56H99NO8. The third-order valence-electron chi connectivity index (χ3n) is 12.3. The first kappa shape index (κ1) is 60.6. The van der Waals surface area contributed by atoms with Crippen LogP contribution in [0, 0.1) is 0 Å². The molecule has 9 nitrogen and oxygen atoms in total. The number of carbonyl (C=O) groups excluding carboxylic acids is 1. The molecule has 1 saturated heterocycles. The van der Waals surface area contributed by atoms with Crippen molar-refractivity contribution in [1.82, 2.24) is 5.32 Å². The van der Waals surface area contributed by atoms with E-state index in [1.165, 1.54) is 109 Å². The van der Waals surface area contributed by atoms with Gasteiger partial charge in [0.15, 0.2) is 6.29 Å². The first-order valence-electron chi connectivity index (χ1n) is 26.6. The third kappa shape index (κ3) is 35.4. The Bertz CT molecular complexity index is 1240. The molecule has 0 bridgehead atoms. The van der Waals surface area contributed by atoms with Gasteiger partial charge in [0.2, 0.25) is 5.91 Å². The van der Waals surface area contributed by atoms with Crippen molar-refractivity contribution in [2.75, 3.05) is 13.2 Å². The lowest BCUT2D eigenvalue weighted by molar-refractivity contribution is -0.302. The molecule has 1 fully saturated rings. The van der Waals surface area contributed by atoms with Crippen LogP contribution in [0.4, 0.5) is 0 Å². The highest BCUT2D eigenvalue weighted by atomic mass is 16.7. The highest BCUT2D eigenvalue weighted by molar-refractivity contribution is 5.76. The van der Waals surface area contributed by atoms with E-state index in [0.717, 1.165) is 83.5 Å². The molecule has 0 spiro atoms. The normalized spacial score (nSPS) is 20.5. The quantitative estimate of drug-likeness (QED) is 0.0261. The van der Waals surface area contributed by atoms with Crippen molar-refractivity contribution < 1.29 is 39.8 Å². The second kappa shape index (κ2) is 45.4. The van der Waals surface area contributed by atoms with Gasteiger partial charge in [-0.05, 0) is 64.2 Å². The standard InChI is InChI=1S/C56H99NO8/c1-3-5-7-9-11-13-15-17-18-19-20-21-22-23-24-25-26-27-28-29-30-31-32-34-36-38-40-42-44-46-52(60)57-49(48-64-56-55(63)54(62)53(61)51(47-58)65-56)50(59)45-43-41-39-37-35-33-16-14-12-10-8-6-4-2/h5,7,11,13,17-18,20-21,23-24,26-27,49-51,53-56,58-59,61-63H,3-4,6,8-10,12,14-16,19,22,25,28-48H2,1-2H3,(H,57,60)/b7-5-,13-11-,18-17-,21-20-,24-23-,27-26-. The molecule has 7 unspecified atom stereocenters. The van der Waals surface area contributed by atoms with Gasteiger partial charge in [0.1, 0.15) is 24.4 Å². The van der Waals surface area contributed by atoms with E-state index in [4.69, 9.17) is 9.47 Å². The maximum absolute atomic E-state index is 13.0. The molecule has 6 N–H and O–H groups in total. The number of carbonyl (C=O) groups is 1. The fraction of sp³-hybridized carbons (Fsp3) is 0.768. The first-order valence-corrected chi connectivity index (χ1v) is 26.6. The summed E-state index contributed by atoms with van der Waals surface area (Å²) in [6, 6.07) is -0.724. The maximum atomic E-state index is 13.0. The minimum atomic E-state index is -1.56. The van der Waals surface area contributed by atoms with Crippen molar-refractivity contribution in [3.8, 4) is 0 Å². The lowest BCUT2D eigenvalue weighted by Gasteiger charge is -2.40. The number of nitrogens with one attached hydrogen (secondary N) is 1. The van der Waals surface area contributed by atoms with Gasteiger partial charge in [0.25, 0.3) is 0 Å². The van der Waals surface area contributed by atoms with Crippen molar-refractivity contribution in [3.63, 3.8) is 0 Å². The number of amides is 1. The van der Waals surface area contributed by atoms with E-state index in [1.54, 1.807) is 0 Å². The molecule has 9 heteroatoms. The van der Waals surface area contributed by atoms with Crippen LogP contribution in [0.5, 0.6) is 0 Å². The second-order valence-corrected chi connectivity index (χ2v) is 18.3. The molecule has 0 aromatic carbocycles. The summed E-state index contributed by atoms with van der Waals surface area (Å²) in [6.45, 7) is 3.71. The number of hydrogen-bond donors (Lipinski definition) is 6. The molecular weight excluding hydrogens is 815 g/mol. The molecule has 0 saturated carbocycles. The van der Waals surface area contributed by atoms with Gasteiger partial charge in [-0.25, -0.2) is 0 Å². The number of unbranched alkanes of at least 4 members (excludes halogenated alkanes) is 22. The third-order valence-corrected chi connectivity index (χ3v) is 12.3. The van der Waals surface area contributed by atoms with E-state index in [-0.39, 0.29) is 12.5 Å². The smallest absolute Gasteiger partial charge is 0.220 e. The maximum Gasteiger partial charge on any atom is 0.220 e. The zero-order valence-corrected chi connectivity index (χ0v) is 41.5. The van der Waals surface area contributed by atoms with Crippen LogP contribution in [-0.2, 0) is 14.3 Å². The minimum absolute atomic E-state index is 0.142. The number of aliphatic hydroxyl groups is 5. The summed E-state index contributed by atoms with van der Waals surface area (Å²) in [6.07, 6.45) is 54.9. The molecule has 1 rings (SSSR count). The van der Waals surface area contributed by atoms with E-state index >= 15 is 0 Å². The Morgan fingerprint density at radius 2 is 0.954 bits per heavy atom. The van der Waals surface area contributed by atoms with Crippen LogP contribution in [0.2, 0.25) is 0 Å². The van der Waals surface area contributed by atoms with Crippen molar-refractivity contribution in [2.24, 2.45) is 0 Å². The fourth-order valence-corrected chi connectivity index (χ4v) is 8.11. The van der Waals surface area contributed by atoms with E-state index in [0.29, 0.717) is 12.8 Å². The number of ether oxygens (including phenoxy) is 2. The predicted octanol–water partition coefficient (Wildman–Crippen LogP) is 12.5. The van der Waals surface area contributed by atoms with E-state index in [1.807, 2.05) is 0 Å². The van der Waals surface area contributed by atoms with Crippen LogP contribution in [0.25, 0.3) is 0 Å². The molecule has 1 aliphatic heterocycles. The number of allylic oxidation sites excluding steroid dienone is 12. The lowest BCUT2D eigenvalue weighted by atomic mass is 9.99. The summed E-state index contributed by atoms with van der Waals surface area (Å²) >= 11 is 0. The molecule has 0 aromatic heterocycles. The van der Waals surface area contributed by atoms with Gasteiger partial charge in [0, 0.05) is 6.42 Å². The largest absolute Gasteiger partial charge is 0.394 e. The highest BCUT2D eigenvalue weighted by Gasteiger charge is 2.44. The van der Waals surface area contributed by atoms with Crippen LogP contribution < -0.4 is 5.32 Å². The lowest BCUT2D eigenvalue weighted by Crippen LogP contribution is -2.60. The number of rotatable bonds is 44. The summed E-state index contributed by atoms with van der Waals surface area (Å²) in [5, 5.41) is 54.5. The Kier molecular flexibility index (Phi) is 42.4. The van der Waals surface area contributed by atoms with Gasteiger partial charge >= 0.3 is 0 Å². The first-order chi connectivity index (χ1) is 31.8. The molecule has 0 aromatic rings. The van der Waals surface area contributed by atoms with Gasteiger partial charge in [-0.2, -0.15) is 0 Å². The zero-order chi connectivity index (χ0) is 47.3. The molecule has 1 heterocycles. The molecule has 376 valence electrons. The minimum Gasteiger partial charge on any atom is -0.394 e. The van der Waals surface area contributed by atoms with Crippen molar-refractivity contribution in [2.45, 2.75) is 262 Å². The van der Waals surface area contributed by atoms with Gasteiger partial charge in [-0.15, -0.1) is 0 Å². The van der Waals surface area contributed by atoms with E-state index in [9.17, 15) is 30.3 Å². The Morgan fingerprint density at radius 3 is 1.42 bits per heavy atom. The molecule has 0 aliphatic carbocycles. The van der Waals surface area contributed by atoms with E-state index in [2.05, 4.69) is 92.1 Å². The van der Waals surface area contributed by atoms with Crippen LogP contribution >= 0.6 is 0 Å². The van der Waals surface area contributed by atoms with Crippen molar-refractivity contribution in [3.05, 3.63) is 72.9 Å². The van der Waals surface area contributed by atoms with Gasteiger partial charge < -0.3 is 40.3 Å². The molecule has 0 radical (unpaired) electrons. The number of hydrogen-bond acceptors (Lipinski definition) is 8. The highest BCUT2D eigenvalue weighted by Crippen LogP contribution is 2.23. The summed E-state index contributed by atoms with van der Waals surface area (Å²) in [4.78, 5) is 13.0. The van der Waals surface area contributed by atoms with Crippen molar-refractivity contribution >= 4 is 5.91 Å². The van der Waals surface area contributed by atoms with Gasteiger partial charge in [0.05, 0.1) is 25.4 Å². The average Bonchev–Trinajstić information content (AvgIpc) is 3.31. The predicted molar refractivity (Wildman–Crippen MR) is 272 cm³/mol. The van der Waals surface area contributed by atoms with Crippen LogP contribution in [-0.4, -0.2) is 87.5 Å². The van der Waals surface area contributed by atoms with Crippen molar-refractivity contribution in [1.29, 1.82) is 0 Å². The Hall–Kier alpha value is -2.37. The summed E-state index contributed by atoms with van der Waals surface area (Å²) in [7, 11) is 0. The average molecular weight is 914 g/mol. The van der Waals surface area contributed by atoms with Crippen LogP contribution in [0.3, 0.4) is 0 Å². The molecule has 1 amide bonds. The molecule has 65 heavy (non-hydrogen) atoms. The zero-order valence-electron chi connectivity index (χ0n) is 41.5. The molecule has 7 atom stereocenters. The van der Waals surface area contributed by atoms with Crippen LogP contribution in [0.1, 0.15) is 219 Å². The topological polar surface area (TPSA) is 149 Å². The Labute approximate surface area is 398 Å². The van der Waals surface area contributed by atoms with Crippen LogP contribution in [0.15, 0.2) is 72.9 Å². The summed E-state index contributed by atoms with van der Waals surface area (Å²) < 4.78 is 11.3. The summed E-state index contributed by atoms with van der Waals surface area (Å²) in [5.74, 6) is -0.152. The number of aliphatic hydroxyl groups excluding tert-OH is 5. The van der Waals surface area contributed by atoms with Gasteiger partial charge in [-0.1, -0.05) is 222 Å². The summed E-state index contributed by atoms with van der Waals surface area (Å²) in [5.41, 5.74) is 0. The molecule has 1 aliphatic rings. The van der Waals surface area contributed by atoms with E-state index < -0.39 is 49.5 Å². The monoisotopic (exact) mass is 914 g/mol. The Balaban J connectivity index is 2.20.